The maximum Gasteiger partial charge on any atom is 0.242 e. The molecule has 0 aliphatic rings. The first-order valence-corrected chi connectivity index (χ1v) is 12.7. The zero-order valence-corrected chi connectivity index (χ0v) is 24.0. The van der Waals surface area contributed by atoms with Crippen molar-refractivity contribution in [2.24, 2.45) is 5.73 Å². The van der Waals surface area contributed by atoms with E-state index in [1.807, 2.05) is 0 Å². The smallest absolute Gasteiger partial charge is 0.242 e. The number of nitrogens with one attached hydrogen (secondary N) is 7. The first-order valence-electron chi connectivity index (χ1n) is 12.7. The molecular weight excluding hydrogens is 528 g/mol. The summed E-state index contributed by atoms with van der Waals surface area (Å²) < 4.78 is 0. The van der Waals surface area contributed by atoms with Crippen LogP contribution in [0.4, 0.5) is 0 Å². The van der Waals surface area contributed by atoms with Crippen LogP contribution < -0.4 is 43.0 Å². The lowest BCUT2D eigenvalue weighted by molar-refractivity contribution is -0.134. The van der Waals surface area contributed by atoms with Gasteiger partial charge < -0.3 is 47.7 Å². The molecular formula is C24H42N8O8. The molecule has 0 aromatic rings. The average molecular weight is 571 g/mol. The third kappa shape index (κ3) is 12.6. The quantitative estimate of drug-likeness (QED) is 0.0894. The van der Waals surface area contributed by atoms with Crippen molar-refractivity contribution in [2.45, 2.75) is 104 Å². The monoisotopic (exact) mass is 570 g/mol. The van der Waals surface area contributed by atoms with Crippen LogP contribution in [0.3, 0.4) is 0 Å². The van der Waals surface area contributed by atoms with E-state index in [0.29, 0.717) is 6.29 Å². The Labute approximate surface area is 233 Å². The molecule has 0 saturated heterocycles. The number of amides is 7. The zero-order valence-electron chi connectivity index (χ0n) is 24.0. The highest BCUT2D eigenvalue weighted by Crippen LogP contribution is 1.94. The molecule has 0 spiro atoms. The summed E-state index contributed by atoms with van der Waals surface area (Å²) in [6.45, 7) is 11.2. The summed E-state index contributed by atoms with van der Waals surface area (Å²) >= 11 is 0. The number of hydrogen-bond donors (Lipinski definition) is 8. The molecule has 7 amide bonds. The fraction of sp³-hybridized carbons (Fsp3) is 0.667. The van der Waals surface area contributed by atoms with Gasteiger partial charge in [0.2, 0.25) is 41.4 Å². The summed E-state index contributed by atoms with van der Waals surface area (Å²) in [6.07, 6.45) is 0.532. The number of nitrogens with two attached hydrogens (primary N) is 1. The van der Waals surface area contributed by atoms with Gasteiger partial charge in [-0.2, -0.15) is 0 Å². The number of aldehydes is 1. The topological polar surface area (TPSA) is 247 Å². The van der Waals surface area contributed by atoms with Gasteiger partial charge in [0.15, 0.2) is 0 Å². The number of carbonyl (C=O) groups excluding carboxylic acids is 8. The Kier molecular flexibility index (Phi) is 15.1. The van der Waals surface area contributed by atoms with Gasteiger partial charge in [-0.05, 0) is 55.4 Å². The van der Waals surface area contributed by atoms with Gasteiger partial charge in [-0.25, -0.2) is 0 Å². The van der Waals surface area contributed by atoms with E-state index in [-0.39, 0.29) is 0 Å². The SMILES string of the molecule is C[C@H](N)C(=O)N[C@@H](C)C(=O)N[C@@H](C)C(=O)N[C@@H](C)C(=O)N[C@@H](C)C(=O)N[C@@H](C)C(=O)N[C@@H](C)C(=O)N[C@@H](C)C=O. The Balaban J connectivity index is 4.75. The molecule has 0 bridgehead atoms. The normalized spacial score (nSPS) is 16.6. The Morgan fingerprint density at radius 3 is 0.825 bits per heavy atom. The lowest BCUT2D eigenvalue weighted by atomic mass is 10.2. The second-order valence-corrected chi connectivity index (χ2v) is 9.60. The molecule has 226 valence electrons. The van der Waals surface area contributed by atoms with E-state index >= 15 is 0 Å². The largest absolute Gasteiger partial charge is 0.345 e. The fourth-order valence-electron chi connectivity index (χ4n) is 2.81. The van der Waals surface area contributed by atoms with E-state index in [4.69, 9.17) is 5.73 Å². The molecule has 0 aromatic heterocycles. The van der Waals surface area contributed by atoms with Gasteiger partial charge in [-0.1, -0.05) is 0 Å². The highest BCUT2D eigenvalue weighted by atomic mass is 16.2. The van der Waals surface area contributed by atoms with Crippen molar-refractivity contribution in [3.8, 4) is 0 Å². The van der Waals surface area contributed by atoms with Crippen LogP contribution in [-0.2, 0) is 38.4 Å². The highest BCUT2D eigenvalue weighted by Gasteiger charge is 2.27. The Hall–Kier alpha value is -4.08. The molecule has 0 aliphatic carbocycles. The van der Waals surface area contributed by atoms with Crippen molar-refractivity contribution < 1.29 is 38.4 Å². The summed E-state index contributed by atoms with van der Waals surface area (Å²) in [4.78, 5) is 96.1. The molecule has 0 fully saturated rings. The third-order valence-corrected chi connectivity index (χ3v) is 5.50. The fourth-order valence-corrected chi connectivity index (χ4v) is 2.81. The van der Waals surface area contributed by atoms with Crippen molar-refractivity contribution >= 4 is 47.6 Å². The number of carbonyl (C=O) groups is 8. The molecule has 0 aliphatic heterocycles. The molecule has 0 aromatic carbocycles. The highest BCUT2D eigenvalue weighted by molar-refractivity contribution is 5.96. The van der Waals surface area contributed by atoms with Gasteiger partial charge in [0.25, 0.3) is 0 Å². The first-order chi connectivity index (χ1) is 18.4. The van der Waals surface area contributed by atoms with E-state index in [1.165, 1.54) is 55.4 Å². The van der Waals surface area contributed by atoms with Gasteiger partial charge in [-0.3, -0.25) is 33.6 Å². The molecule has 0 radical (unpaired) electrons. The Bertz CT molecular complexity index is 973. The molecule has 16 nitrogen and oxygen atoms in total. The van der Waals surface area contributed by atoms with E-state index in [0.717, 1.165) is 0 Å². The Morgan fingerprint density at radius 2 is 0.625 bits per heavy atom. The maximum absolute atomic E-state index is 12.5. The Morgan fingerprint density at radius 1 is 0.425 bits per heavy atom. The third-order valence-electron chi connectivity index (χ3n) is 5.50. The van der Waals surface area contributed by atoms with Crippen LogP contribution in [0.25, 0.3) is 0 Å². The van der Waals surface area contributed by atoms with Gasteiger partial charge in [0, 0.05) is 0 Å². The van der Waals surface area contributed by atoms with Crippen molar-refractivity contribution in [1.82, 2.24) is 37.2 Å². The molecule has 0 rings (SSSR count). The number of hydrogen-bond acceptors (Lipinski definition) is 9. The second kappa shape index (κ2) is 16.8. The lowest BCUT2D eigenvalue weighted by Gasteiger charge is -2.23. The molecule has 0 unspecified atom stereocenters. The van der Waals surface area contributed by atoms with Crippen LogP contribution in [0.15, 0.2) is 0 Å². The lowest BCUT2D eigenvalue weighted by Crippen LogP contribution is -2.58. The first kappa shape index (κ1) is 35.9. The predicted molar refractivity (Wildman–Crippen MR) is 143 cm³/mol. The van der Waals surface area contributed by atoms with E-state index in [2.05, 4.69) is 37.2 Å². The molecule has 40 heavy (non-hydrogen) atoms. The van der Waals surface area contributed by atoms with Gasteiger partial charge >= 0.3 is 0 Å². The molecule has 8 atom stereocenters. The van der Waals surface area contributed by atoms with Gasteiger partial charge in [0.05, 0.1) is 12.1 Å². The second-order valence-electron chi connectivity index (χ2n) is 9.60. The molecule has 0 heterocycles. The van der Waals surface area contributed by atoms with E-state index in [9.17, 15) is 38.4 Å². The van der Waals surface area contributed by atoms with Crippen LogP contribution in [0.2, 0.25) is 0 Å². The van der Waals surface area contributed by atoms with Gasteiger partial charge in [-0.15, -0.1) is 0 Å². The summed E-state index contributed by atoms with van der Waals surface area (Å²) in [5, 5.41) is 16.8. The molecule has 16 heteroatoms. The number of rotatable bonds is 15. The van der Waals surface area contributed by atoms with Crippen molar-refractivity contribution in [3.63, 3.8) is 0 Å². The summed E-state index contributed by atoms with van der Waals surface area (Å²) in [6, 6.07) is -7.78. The standard InChI is InChI=1S/C24H42N8O8/c1-10(9-33)26-19(35)12(3)28-21(37)14(5)30-23(39)16(7)32-24(40)17(8)31-22(38)15(6)29-20(36)13(4)27-18(34)11(2)25/h9-17H,25H2,1-8H3,(H,26,35)(H,27,34)(H,28,37)(H,29,36)(H,30,39)(H,31,38)(H,32,40)/t10-,11-,12-,13-,14-,15-,16-,17-/m0/s1. The van der Waals surface area contributed by atoms with Crippen molar-refractivity contribution in [3.05, 3.63) is 0 Å². The van der Waals surface area contributed by atoms with Crippen LogP contribution in [0.1, 0.15) is 55.4 Å². The van der Waals surface area contributed by atoms with Crippen LogP contribution in [0.5, 0.6) is 0 Å². The van der Waals surface area contributed by atoms with E-state index in [1.54, 1.807) is 0 Å². The minimum absolute atomic E-state index is 0.532. The summed E-state index contributed by atoms with van der Waals surface area (Å²) in [5.74, 6) is -4.53. The molecule has 9 N–H and O–H groups in total. The summed E-state index contributed by atoms with van der Waals surface area (Å²) in [5.41, 5.74) is 5.44. The summed E-state index contributed by atoms with van der Waals surface area (Å²) in [7, 11) is 0. The van der Waals surface area contributed by atoms with Crippen LogP contribution >= 0.6 is 0 Å². The minimum Gasteiger partial charge on any atom is -0.345 e. The average Bonchev–Trinajstić information content (AvgIpc) is 2.87. The minimum atomic E-state index is -1.09. The van der Waals surface area contributed by atoms with Gasteiger partial charge in [0.1, 0.15) is 42.5 Å². The van der Waals surface area contributed by atoms with Crippen molar-refractivity contribution in [1.29, 1.82) is 0 Å². The predicted octanol–water partition coefficient (Wildman–Crippen LogP) is -3.93. The van der Waals surface area contributed by atoms with Crippen LogP contribution in [0, 0.1) is 0 Å². The zero-order chi connectivity index (χ0) is 31.3. The van der Waals surface area contributed by atoms with E-state index < -0.39 is 89.7 Å². The van der Waals surface area contributed by atoms with Crippen LogP contribution in [-0.4, -0.2) is 96.0 Å². The maximum atomic E-state index is 12.5. The van der Waals surface area contributed by atoms with Crippen molar-refractivity contribution in [2.75, 3.05) is 0 Å². The molecule has 0 saturated carbocycles.